The van der Waals surface area contributed by atoms with Crippen molar-refractivity contribution >= 4 is 11.7 Å². The zero-order valence-corrected chi connectivity index (χ0v) is 14.9. The standard InChI is InChI=1S/C19H24FN3O2/c1-12-5-8-18(24)14(9-12)11-21-19(25)22-13(2)16-10-15(20)6-7-17(16)23(3)4/h5-10,13,24H,11H2,1-4H3,(H2,21,22,25). The monoisotopic (exact) mass is 345 g/mol. The molecule has 0 radical (unpaired) electrons. The van der Waals surface area contributed by atoms with Crippen LogP contribution in [0.1, 0.15) is 29.7 Å². The molecule has 2 aromatic carbocycles. The lowest BCUT2D eigenvalue weighted by Crippen LogP contribution is -2.37. The second-order valence-corrected chi connectivity index (χ2v) is 6.28. The molecule has 2 aromatic rings. The molecule has 134 valence electrons. The third kappa shape index (κ3) is 4.86. The smallest absolute Gasteiger partial charge is 0.315 e. The van der Waals surface area contributed by atoms with Gasteiger partial charge in [0.1, 0.15) is 11.6 Å². The van der Waals surface area contributed by atoms with Crippen LogP contribution >= 0.6 is 0 Å². The van der Waals surface area contributed by atoms with Gasteiger partial charge in [-0.25, -0.2) is 9.18 Å². The molecule has 6 heteroatoms. The second kappa shape index (κ2) is 7.88. The van der Waals surface area contributed by atoms with E-state index in [-0.39, 0.29) is 30.2 Å². The molecule has 0 heterocycles. The van der Waals surface area contributed by atoms with Gasteiger partial charge in [0, 0.05) is 37.5 Å². The molecule has 0 spiro atoms. The van der Waals surface area contributed by atoms with Crippen LogP contribution in [0.25, 0.3) is 0 Å². The van der Waals surface area contributed by atoms with E-state index in [0.29, 0.717) is 11.1 Å². The Balaban J connectivity index is 2.03. The summed E-state index contributed by atoms with van der Waals surface area (Å²) in [6.07, 6.45) is 0. The summed E-state index contributed by atoms with van der Waals surface area (Å²) in [5, 5.41) is 15.3. The quantitative estimate of drug-likeness (QED) is 0.777. The molecular weight excluding hydrogens is 321 g/mol. The van der Waals surface area contributed by atoms with E-state index in [0.717, 1.165) is 11.3 Å². The minimum Gasteiger partial charge on any atom is -0.508 e. The van der Waals surface area contributed by atoms with Crippen molar-refractivity contribution in [2.45, 2.75) is 26.4 Å². The van der Waals surface area contributed by atoms with E-state index in [1.807, 2.05) is 32.0 Å². The van der Waals surface area contributed by atoms with Crippen molar-refractivity contribution in [2.75, 3.05) is 19.0 Å². The number of benzene rings is 2. The summed E-state index contributed by atoms with van der Waals surface area (Å²) in [7, 11) is 3.73. The highest BCUT2D eigenvalue weighted by Crippen LogP contribution is 2.26. The molecule has 0 bridgehead atoms. The first-order valence-corrected chi connectivity index (χ1v) is 8.07. The van der Waals surface area contributed by atoms with Crippen LogP contribution in [0.15, 0.2) is 36.4 Å². The number of aryl methyl sites for hydroxylation is 1. The van der Waals surface area contributed by atoms with Crippen LogP contribution in [0.4, 0.5) is 14.9 Å². The fourth-order valence-corrected chi connectivity index (χ4v) is 2.64. The van der Waals surface area contributed by atoms with Crippen LogP contribution < -0.4 is 15.5 Å². The summed E-state index contributed by atoms with van der Waals surface area (Å²) in [5.41, 5.74) is 3.17. The Morgan fingerprint density at radius 3 is 2.64 bits per heavy atom. The van der Waals surface area contributed by atoms with Crippen molar-refractivity contribution in [2.24, 2.45) is 0 Å². The largest absolute Gasteiger partial charge is 0.508 e. The van der Waals surface area contributed by atoms with Gasteiger partial charge in [0.15, 0.2) is 0 Å². The Hall–Kier alpha value is -2.76. The molecular formula is C19H24FN3O2. The van der Waals surface area contributed by atoms with E-state index in [1.54, 1.807) is 25.1 Å². The lowest BCUT2D eigenvalue weighted by atomic mass is 10.1. The summed E-state index contributed by atoms with van der Waals surface area (Å²) in [6, 6.07) is 8.96. The lowest BCUT2D eigenvalue weighted by Gasteiger charge is -2.22. The summed E-state index contributed by atoms with van der Waals surface area (Å²) in [6.45, 7) is 3.92. The predicted molar refractivity (Wildman–Crippen MR) is 97.4 cm³/mol. The fraction of sp³-hybridized carbons (Fsp3) is 0.316. The molecule has 0 aliphatic rings. The maximum absolute atomic E-state index is 13.6. The van der Waals surface area contributed by atoms with Crippen LogP contribution in [0.2, 0.25) is 0 Å². The van der Waals surface area contributed by atoms with E-state index < -0.39 is 0 Å². The van der Waals surface area contributed by atoms with E-state index >= 15 is 0 Å². The fourth-order valence-electron chi connectivity index (χ4n) is 2.64. The molecule has 2 amide bonds. The molecule has 25 heavy (non-hydrogen) atoms. The van der Waals surface area contributed by atoms with Gasteiger partial charge in [-0.05, 0) is 38.1 Å². The number of anilines is 1. The number of phenolic OH excluding ortho intramolecular Hbond substituents is 1. The SMILES string of the molecule is Cc1ccc(O)c(CNC(=O)NC(C)c2cc(F)ccc2N(C)C)c1. The molecule has 0 aromatic heterocycles. The minimum absolute atomic E-state index is 0.138. The number of rotatable bonds is 5. The first-order chi connectivity index (χ1) is 11.8. The zero-order chi connectivity index (χ0) is 18.6. The minimum atomic E-state index is -0.387. The van der Waals surface area contributed by atoms with E-state index in [9.17, 15) is 14.3 Å². The Labute approximate surface area is 147 Å². The summed E-state index contributed by atoms with van der Waals surface area (Å²) < 4.78 is 13.6. The number of phenols is 1. The van der Waals surface area contributed by atoms with Crippen molar-refractivity contribution in [3.8, 4) is 5.75 Å². The van der Waals surface area contributed by atoms with E-state index in [4.69, 9.17) is 0 Å². The van der Waals surface area contributed by atoms with Crippen molar-refractivity contribution in [3.63, 3.8) is 0 Å². The number of aromatic hydroxyl groups is 1. The van der Waals surface area contributed by atoms with Crippen molar-refractivity contribution in [3.05, 3.63) is 58.9 Å². The van der Waals surface area contributed by atoms with Crippen LogP contribution in [0, 0.1) is 12.7 Å². The van der Waals surface area contributed by atoms with Gasteiger partial charge in [-0.1, -0.05) is 17.7 Å². The zero-order valence-electron chi connectivity index (χ0n) is 14.9. The van der Waals surface area contributed by atoms with Gasteiger partial charge < -0.3 is 20.6 Å². The van der Waals surface area contributed by atoms with E-state index in [2.05, 4.69) is 10.6 Å². The highest BCUT2D eigenvalue weighted by Gasteiger charge is 2.15. The van der Waals surface area contributed by atoms with Gasteiger partial charge in [-0.15, -0.1) is 0 Å². The number of hydrogen-bond acceptors (Lipinski definition) is 3. The van der Waals surface area contributed by atoms with Gasteiger partial charge >= 0.3 is 6.03 Å². The molecule has 0 fully saturated rings. The molecule has 1 atom stereocenters. The third-order valence-corrected chi connectivity index (χ3v) is 3.96. The maximum atomic E-state index is 13.6. The Bertz CT molecular complexity index is 762. The maximum Gasteiger partial charge on any atom is 0.315 e. The summed E-state index contributed by atoms with van der Waals surface area (Å²) in [4.78, 5) is 14.0. The molecule has 0 aliphatic heterocycles. The number of nitrogens with zero attached hydrogens (tertiary/aromatic N) is 1. The highest BCUT2D eigenvalue weighted by atomic mass is 19.1. The summed E-state index contributed by atoms with van der Waals surface area (Å²) in [5.74, 6) is -0.210. The number of hydrogen-bond donors (Lipinski definition) is 3. The van der Waals surface area contributed by atoms with E-state index in [1.165, 1.54) is 12.1 Å². The average Bonchev–Trinajstić information content (AvgIpc) is 2.55. The van der Waals surface area contributed by atoms with Crippen LogP contribution in [0.5, 0.6) is 5.75 Å². The predicted octanol–water partition coefficient (Wildman–Crippen LogP) is 3.47. The van der Waals surface area contributed by atoms with Crippen LogP contribution in [0.3, 0.4) is 0 Å². The van der Waals surface area contributed by atoms with Gasteiger partial charge in [0.05, 0.1) is 6.04 Å². The molecule has 1 unspecified atom stereocenters. The average molecular weight is 345 g/mol. The molecule has 0 saturated heterocycles. The first-order valence-electron chi connectivity index (χ1n) is 8.07. The van der Waals surface area contributed by atoms with Crippen LogP contribution in [-0.4, -0.2) is 25.2 Å². The molecule has 0 aliphatic carbocycles. The van der Waals surface area contributed by atoms with Gasteiger partial charge in [-0.2, -0.15) is 0 Å². The number of carbonyl (C=O) groups is 1. The molecule has 2 rings (SSSR count). The second-order valence-electron chi connectivity index (χ2n) is 6.28. The molecule has 0 saturated carbocycles. The number of carbonyl (C=O) groups excluding carboxylic acids is 1. The number of amides is 2. The van der Waals surface area contributed by atoms with Crippen molar-refractivity contribution < 1.29 is 14.3 Å². The van der Waals surface area contributed by atoms with Crippen molar-refractivity contribution in [1.29, 1.82) is 0 Å². The summed E-state index contributed by atoms with van der Waals surface area (Å²) >= 11 is 0. The normalized spacial score (nSPS) is 11.7. The Morgan fingerprint density at radius 1 is 1.24 bits per heavy atom. The molecule has 5 nitrogen and oxygen atoms in total. The number of halogens is 1. The lowest BCUT2D eigenvalue weighted by molar-refractivity contribution is 0.237. The van der Waals surface area contributed by atoms with Gasteiger partial charge in [0.2, 0.25) is 0 Å². The highest BCUT2D eigenvalue weighted by molar-refractivity contribution is 5.75. The van der Waals surface area contributed by atoms with Crippen molar-refractivity contribution in [1.82, 2.24) is 10.6 Å². The topological polar surface area (TPSA) is 64.6 Å². The number of nitrogens with one attached hydrogen (secondary N) is 2. The number of urea groups is 1. The Morgan fingerprint density at radius 2 is 1.96 bits per heavy atom. The Kier molecular flexibility index (Phi) is 5.85. The molecule has 3 N–H and O–H groups in total. The van der Waals surface area contributed by atoms with Gasteiger partial charge in [-0.3, -0.25) is 0 Å². The third-order valence-electron chi connectivity index (χ3n) is 3.96. The first kappa shape index (κ1) is 18.6. The van der Waals surface area contributed by atoms with Crippen LogP contribution in [-0.2, 0) is 6.54 Å². The van der Waals surface area contributed by atoms with Gasteiger partial charge in [0.25, 0.3) is 0 Å².